The first-order valence-electron chi connectivity index (χ1n) is 14.0. The van der Waals surface area contributed by atoms with Gasteiger partial charge < -0.3 is 20.3 Å². The van der Waals surface area contributed by atoms with Crippen molar-refractivity contribution in [3.05, 3.63) is 41.7 Å². The number of carbonyl (C=O) groups excluding carboxylic acids is 3. The molecule has 1 aromatic carbocycles. The molecule has 0 radical (unpaired) electrons. The van der Waals surface area contributed by atoms with Crippen LogP contribution in [0.15, 0.2) is 30.6 Å². The molecule has 2 aliphatic carbocycles. The Labute approximate surface area is 247 Å². The van der Waals surface area contributed by atoms with Gasteiger partial charge in [0.1, 0.15) is 18.1 Å². The van der Waals surface area contributed by atoms with E-state index in [9.17, 15) is 32.8 Å². The molecule has 0 spiro atoms. The lowest BCUT2D eigenvalue weighted by Gasteiger charge is -2.35. The summed E-state index contributed by atoms with van der Waals surface area (Å²) in [5, 5.41) is 15.9. The summed E-state index contributed by atoms with van der Waals surface area (Å²) in [5.74, 6) is -1.59. The Morgan fingerprint density at radius 2 is 1.88 bits per heavy atom. The second-order valence-electron chi connectivity index (χ2n) is 12.5. The van der Waals surface area contributed by atoms with Gasteiger partial charge in [0.15, 0.2) is 0 Å². The number of halogens is 3. The molecule has 3 aliphatic rings. The van der Waals surface area contributed by atoms with Crippen LogP contribution in [0.25, 0.3) is 10.8 Å². The van der Waals surface area contributed by atoms with Gasteiger partial charge in [-0.25, -0.2) is 0 Å². The molecule has 9 nitrogen and oxygen atoms in total. The average Bonchev–Trinajstić information content (AvgIpc) is 3.72. The molecule has 1 saturated heterocycles. The van der Waals surface area contributed by atoms with E-state index in [1.807, 2.05) is 19.2 Å². The van der Waals surface area contributed by atoms with Gasteiger partial charge in [-0.2, -0.15) is 18.4 Å². The zero-order chi connectivity index (χ0) is 31.5. The zero-order valence-electron chi connectivity index (χ0n) is 24.2. The van der Waals surface area contributed by atoms with Crippen LogP contribution in [-0.4, -0.2) is 64.1 Å². The number of nitrogens with one attached hydrogen (secondary N) is 2. The van der Waals surface area contributed by atoms with E-state index in [0.29, 0.717) is 34.7 Å². The number of hydrogen-bond donors (Lipinski definition) is 2. The van der Waals surface area contributed by atoms with Crippen molar-refractivity contribution in [1.29, 1.82) is 5.26 Å². The lowest BCUT2D eigenvalue weighted by Crippen LogP contribution is -2.60. The summed E-state index contributed by atoms with van der Waals surface area (Å²) >= 11 is 0. The van der Waals surface area contributed by atoms with Gasteiger partial charge in [-0.05, 0) is 50.0 Å². The molecule has 1 unspecified atom stereocenters. The van der Waals surface area contributed by atoms with Crippen molar-refractivity contribution in [2.75, 3.05) is 6.54 Å². The number of rotatable bonds is 8. The molecule has 2 N–H and O–H groups in total. The molecule has 5 rings (SSSR count). The Morgan fingerprint density at radius 1 is 1.19 bits per heavy atom. The molecule has 6 atom stereocenters. The van der Waals surface area contributed by atoms with Crippen LogP contribution in [0.2, 0.25) is 0 Å². The fourth-order valence-electron chi connectivity index (χ4n) is 6.41. The molecule has 0 bridgehead atoms. The largest absolute Gasteiger partial charge is 0.471 e. The van der Waals surface area contributed by atoms with Gasteiger partial charge in [-0.15, -0.1) is 6.42 Å². The molecule has 43 heavy (non-hydrogen) atoms. The summed E-state index contributed by atoms with van der Waals surface area (Å²) in [4.78, 5) is 45.2. The van der Waals surface area contributed by atoms with Crippen molar-refractivity contribution < 1.29 is 32.3 Å². The summed E-state index contributed by atoms with van der Waals surface area (Å²) in [7, 11) is 0. The molecule has 2 saturated carbocycles. The van der Waals surface area contributed by atoms with Crippen LogP contribution in [0.4, 0.5) is 13.2 Å². The molecule has 1 aliphatic heterocycles. The number of likely N-dealkylation sites (tertiary alicyclic amines) is 1. The van der Waals surface area contributed by atoms with Crippen LogP contribution in [0.3, 0.4) is 0 Å². The molecule has 12 heteroatoms. The monoisotopic (exact) mass is 595 g/mol. The maximum absolute atomic E-state index is 13.9. The van der Waals surface area contributed by atoms with Crippen LogP contribution in [0.1, 0.15) is 57.7 Å². The van der Waals surface area contributed by atoms with E-state index in [1.165, 1.54) is 18.0 Å². The minimum atomic E-state index is -5.22. The Kier molecular flexibility index (Phi) is 7.42. The highest BCUT2D eigenvalue weighted by Crippen LogP contribution is 2.65. The Morgan fingerprint density at radius 3 is 2.49 bits per heavy atom. The Balaban J connectivity index is 1.45. The summed E-state index contributed by atoms with van der Waals surface area (Å²) in [6.07, 6.45) is 3.73. The van der Waals surface area contributed by atoms with Gasteiger partial charge >= 0.3 is 12.1 Å². The van der Waals surface area contributed by atoms with Crippen molar-refractivity contribution in [2.24, 2.45) is 17.3 Å². The third kappa shape index (κ3) is 5.52. The van der Waals surface area contributed by atoms with E-state index in [2.05, 4.69) is 22.3 Å². The van der Waals surface area contributed by atoms with Crippen molar-refractivity contribution in [3.8, 4) is 18.4 Å². The SMILES string of the molecule is C#Cc1cccc2cncc(C(C#N)NC(=O)[C@@H]3[C@@H]4[C@H](CN3C(=O)[C@@H](NC(=O)C(F)(F)F)[C@@H](C)OC3(C)CC3)C4(C)C)c12. The van der Waals surface area contributed by atoms with Crippen LogP contribution in [0, 0.1) is 40.9 Å². The predicted octanol–water partition coefficient (Wildman–Crippen LogP) is 3.38. The van der Waals surface area contributed by atoms with E-state index < -0.39 is 53.7 Å². The van der Waals surface area contributed by atoms with E-state index in [-0.39, 0.29) is 23.8 Å². The predicted molar refractivity (Wildman–Crippen MR) is 149 cm³/mol. The van der Waals surface area contributed by atoms with Crippen molar-refractivity contribution in [3.63, 3.8) is 0 Å². The smallest absolute Gasteiger partial charge is 0.370 e. The standard InChI is InChI=1S/C31H32F3N5O4/c1-6-17-8-7-9-18-13-36-14-19(22(17)18)21(12-35)37-26(40)25-23-20(29(23,3)4)15-39(25)27(41)24(38-28(42)31(32,33)34)16(2)43-30(5)10-11-30/h1,7-9,13-14,16,20-21,23-25H,10-11,15H2,2-5H3,(H,37,40)(H,38,42)/t16-,20+,21?,23+,24+,25+/m1/s1. The molecule has 1 aromatic heterocycles. The van der Waals surface area contributed by atoms with Crippen LogP contribution >= 0.6 is 0 Å². The van der Waals surface area contributed by atoms with E-state index in [0.717, 1.165) is 0 Å². The Bertz CT molecular complexity index is 1570. The number of terminal acetylenes is 1. The highest BCUT2D eigenvalue weighted by Gasteiger charge is 2.70. The van der Waals surface area contributed by atoms with Gasteiger partial charge in [-0.1, -0.05) is 31.9 Å². The third-order valence-corrected chi connectivity index (χ3v) is 9.16. The number of nitriles is 1. The molecular weight excluding hydrogens is 563 g/mol. The molecule has 3 amide bonds. The van der Waals surface area contributed by atoms with Crippen molar-refractivity contribution >= 4 is 28.5 Å². The normalized spacial score (nSPS) is 25.0. The van der Waals surface area contributed by atoms with Crippen LogP contribution in [0.5, 0.6) is 0 Å². The summed E-state index contributed by atoms with van der Waals surface area (Å²) in [6.45, 7) is 7.20. The van der Waals surface area contributed by atoms with Gasteiger partial charge in [0.05, 0.1) is 17.8 Å². The van der Waals surface area contributed by atoms with Gasteiger partial charge in [0, 0.05) is 40.8 Å². The second-order valence-corrected chi connectivity index (χ2v) is 12.5. The maximum atomic E-state index is 13.9. The number of benzene rings is 1. The fraction of sp³-hybridized carbons (Fsp3) is 0.516. The molecule has 226 valence electrons. The van der Waals surface area contributed by atoms with E-state index in [1.54, 1.807) is 31.3 Å². The highest BCUT2D eigenvalue weighted by molar-refractivity contribution is 5.96. The molecule has 3 fully saturated rings. The number of nitrogens with zero attached hydrogens (tertiary/aromatic N) is 3. The number of carbonyl (C=O) groups is 3. The molecule has 2 heterocycles. The number of amides is 3. The zero-order valence-corrected chi connectivity index (χ0v) is 24.2. The number of piperidine rings is 1. The number of hydrogen-bond acceptors (Lipinski definition) is 6. The number of fused-ring (bicyclic) bond motifs is 2. The minimum Gasteiger partial charge on any atom is -0.370 e. The third-order valence-electron chi connectivity index (χ3n) is 9.16. The fourth-order valence-corrected chi connectivity index (χ4v) is 6.41. The van der Waals surface area contributed by atoms with Crippen LogP contribution < -0.4 is 10.6 Å². The lowest BCUT2D eigenvalue weighted by atomic mass is 9.96. The first-order valence-corrected chi connectivity index (χ1v) is 14.0. The Hall–Kier alpha value is -4.16. The summed E-state index contributed by atoms with van der Waals surface area (Å²) < 4.78 is 45.7. The summed E-state index contributed by atoms with van der Waals surface area (Å²) in [5.41, 5.74) is -0.0462. The molecule has 2 aromatic rings. The lowest BCUT2D eigenvalue weighted by molar-refractivity contribution is -0.177. The quantitative estimate of drug-likeness (QED) is 0.451. The number of alkyl halides is 3. The van der Waals surface area contributed by atoms with Gasteiger partial charge in [0.2, 0.25) is 11.8 Å². The first kappa shape index (κ1) is 30.3. The van der Waals surface area contributed by atoms with Gasteiger partial charge in [0.25, 0.3) is 0 Å². The topological polar surface area (TPSA) is 124 Å². The van der Waals surface area contributed by atoms with E-state index >= 15 is 0 Å². The van der Waals surface area contributed by atoms with Crippen molar-refractivity contribution in [1.82, 2.24) is 20.5 Å². The summed E-state index contributed by atoms with van der Waals surface area (Å²) in [6, 6.07) is 3.35. The highest BCUT2D eigenvalue weighted by atomic mass is 19.4. The van der Waals surface area contributed by atoms with Gasteiger partial charge in [-0.3, -0.25) is 19.4 Å². The number of pyridine rings is 1. The second kappa shape index (κ2) is 10.5. The number of ether oxygens (including phenoxy) is 1. The number of aromatic nitrogens is 1. The maximum Gasteiger partial charge on any atom is 0.471 e. The molecular formula is C31H32F3N5O4. The first-order chi connectivity index (χ1) is 20.1. The van der Waals surface area contributed by atoms with Crippen LogP contribution in [-0.2, 0) is 19.1 Å². The minimum absolute atomic E-state index is 0.101. The average molecular weight is 596 g/mol. The van der Waals surface area contributed by atoms with E-state index in [4.69, 9.17) is 11.2 Å². The van der Waals surface area contributed by atoms with Crippen molar-refractivity contribution in [2.45, 2.75) is 76.5 Å².